The van der Waals surface area contributed by atoms with E-state index in [1.807, 2.05) is 24.3 Å². The molecule has 12 aromatic rings. The molecule has 0 fully saturated rings. The van der Waals surface area contributed by atoms with Crippen LogP contribution >= 0.6 is 0 Å². The summed E-state index contributed by atoms with van der Waals surface area (Å²) >= 11 is 0. The summed E-state index contributed by atoms with van der Waals surface area (Å²) in [5.41, 5.74) is 12.0. The summed E-state index contributed by atoms with van der Waals surface area (Å²) < 4.78 is 7.46. The number of hydrogen-bond donors (Lipinski definition) is 0. The SMILES string of the molecule is C=CCC(CC)(CC)c1nc(-c2ccccc2)nc(-c2ccc(-n3c4ccccc4c4c5c(c6ccccc6n5-c5ccccc5)c5c(c6ccccc6n5-c5ccccc5)c43)cc2)n1. The molecule has 0 aliphatic rings. The van der Waals surface area contributed by atoms with Crippen LogP contribution in [0.4, 0.5) is 0 Å². The lowest BCUT2D eigenvalue weighted by Crippen LogP contribution is -2.27. The van der Waals surface area contributed by atoms with Crippen molar-refractivity contribution in [3.63, 3.8) is 0 Å². The monoisotopic (exact) mass is 838 g/mol. The highest BCUT2D eigenvalue weighted by atomic mass is 15.1. The smallest absolute Gasteiger partial charge is 0.163 e. The summed E-state index contributed by atoms with van der Waals surface area (Å²) in [6.45, 7) is 8.57. The molecular weight excluding hydrogens is 793 g/mol. The van der Waals surface area contributed by atoms with E-state index in [-0.39, 0.29) is 5.41 Å². The quantitative estimate of drug-likeness (QED) is 0.129. The van der Waals surface area contributed by atoms with Crippen LogP contribution in [0.1, 0.15) is 38.9 Å². The van der Waals surface area contributed by atoms with Crippen LogP contribution in [0.15, 0.2) is 201 Å². The molecule has 0 radical (unpaired) electrons. The highest BCUT2D eigenvalue weighted by molar-refractivity contribution is 6.40. The fourth-order valence-corrected chi connectivity index (χ4v) is 10.5. The molecule has 6 nitrogen and oxygen atoms in total. The highest BCUT2D eigenvalue weighted by Gasteiger charge is 2.32. The number of nitrogens with zero attached hydrogens (tertiary/aromatic N) is 6. The Morgan fingerprint density at radius 1 is 0.415 bits per heavy atom. The molecule has 312 valence electrons. The van der Waals surface area contributed by atoms with Crippen LogP contribution in [-0.4, -0.2) is 28.7 Å². The van der Waals surface area contributed by atoms with Crippen LogP contribution in [0.5, 0.6) is 0 Å². The molecule has 0 atom stereocenters. The number of fused-ring (bicyclic) bond motifs is 12. The lowest BCUT2D eigenvalue weighted by molar-refractivity contribution is 0.375. The predicted octanol–water partition coefficient (Wildman–Crippen LogP) is 15.1. The minimum absolute atomic E-state index is 0.246. The minimum atomic E-state index is -0.246. The van der Waals surface area contributed by atoms with E-state index in [0.29, 0.717) is 11.6 Å². The van der Waals surface area contributed by atoms with Gasteiger partial charge in [-0.05, 0) is 86.0 Å². The average molecular weight is 839 g/mol. The first-order valence-corrected chi connectivity index (χ1v) is 22.7. The number of aromatic nitrogens is 6. The van der Waals surface area contributed by atoms with Gasteiger partial charge in [0.05, 0.1) is 33.1 Å². The molecule has 0 aliphatic carbocycles. The van der Waals surface area contributed by atoms with E-state index < -0.39 is 0 Å². The van der Waals surface area contributed by atoms with Crippen molar-refractivity contribution in [1.82, 2.24) is 28.7 Å². The van der Waals surface area contributed by atoms with Crippen LogP contribution in [0.3, 0.4) is 0 Å². The molecule has 0 saturated heterocycles. The number of hydrogen-bond acceptors (Lipinski definition) is 3. The van der Waals surface area contributed by atoms with Crippen LogP contribution in [0.25, 0.3) is 105 Å². The summed E-state index contributed by atoms with van der Waals surface area (Å²) in [5.74, 6) is 2.16. The summed E-state index contributed by atoms with van der Waals surface area (Å²) in [4.78, 5) is 15.6. The molecule has 0 bridgehead atoms. The molecule has 6 heteroatoms. The second kappa shape index (κ2) is 15.3. The van der Waals surface area contributed by atoms with Crippen molar-refractivity contribution in [3.8, 4) is 39.8 Å². The number of benzene rings is 8. The standard InChI is InChI=1S/C59H46N6/c1-4-38-59(5-2,6-3)58-61-56(39-22-10-7-11-23-39)60-57(62-58)40-34-36-43(37-35-40)65-49-33-21-18-30-46(49)52-54-50(44-28-16-19-31-47(44)63(54)41-24-12-8-13-25-41)53-51(55(52)65)45-29-17-20-32-48(45)64(53)42-26-14-9-15-27-42/h4,7-37H,1,5-6,38H2,2-3H3. The molecule has 0 unspecified atom stereocenters. The first kappa shape index (κ1) is 38.6. The predicted molar refractivity (Wildman–Crippen MR) is 271 cm³/mol. The summed E-state index contributed by atoms with van der Waals surface area (Å²) in [6, 6.07) is 67.5. The maximum absolute atomic E-state index is 5.27. The Morgan fingerprint density at radius 2 is 0.769 bits per heavy atom. The maximum atomic E-state index is 5.27. The van der Waals surface area contributed by atoms with E-state index in [9.17, 15) is 0 Å². The van der Waals surface area contributed by atoms with Gasteiger partial charge >= 0.3 is 0 Å². The zero-order valence-corrected chi connectivity index (χ0v) is 36.5. The molecule has 0 N–H and O–H groups in total. The second-order valence-electron chi connectivity index (χ2n) is 17.1. The third kappa shape index (κ3) is 5.83. The Kier molecular flexibility index (Phi) is 9.09. The Hall–Kier alpha value is -8.09. The Balaban J connectivity index is 1.20. The zero-order valence-electron chi connectivity index (χ0n) is 36.5. The second-order valence-corrected chi connectivity index (χ2v) is 17.1. The zero-order chi connectivity index (χ0) is 43.6. The topological polar surface area (TPSA) is 53.5 Å². The third-order valence-corrected chi connectivity index (χ3v) is 13.8. The van der Waals surface area contributed by atoms with Gasteiger partial charge in [0, 0.05) is 65.9 Å². The van der Waals surface area contributed by atoms with Gasteiger partial charge in [-0.3, -0.25) is 0 Å². The molecule has 0 amide bonds. The lowest BCUT2D eigenvalue weighted by atomic mass is 9.78. The van der Waals surface area contributed by atoms with Gasteiger partial charge in [-0.15, -0.1) is 6.58 Å². The Bertz CT molecular complexity index is 3690. The third-order valence-electron chi connectivity index (χ3n) is 13.8. The average Bonchev–Trinajstić information content (AvgIpc) is 4.02. The largest absolute Gasteiger partial charge is 0.308 e. The fraction of sp³-hybridized carbons (Fsp3) is 0.102. The van der Waals surface area contributed by atoms with E-state index >= 15 is 0 Å². The van der Waals surface area contributed by atoms with Crippen LogP contribution < -0.4 is 0 Å². The van der Waals surface area contributed by atoms with Crippen molar-refractivity contribution in [2.75, 3.05) is 0 Å². The molecule has 4 heterocycles. The van der Waals surface area contributed by atoms with Crippen molar-refractivity contribution in [2.24, 2.45) is 0 Å². The van der Waals surface area contributed by atoms with E-state index in [2.05, 4.69) is 204 Å². The van der Waals surface area contributed by atoms with E-state index in [0.717, 1.165) is 64.3 Å². The van der Waals surface area contributed by atoms with Crippen molar-refractivity contribution in [1.29, 1.82) is 0 Å². The van der Waals surface area contributed by atoms with E-state index in [1.165, 1.54) is 54.4 Å². The first-order chi connectivity index (χ1) is 32.1. The maximum Gasteiger partial charge on any atom is 0.163 e. The van der Waals surface area contributed by atoms with Gasteiger partial charge in [-0.2, -0.15) is 0 Å². The van der Waals surface area contributed by atoms with Gasteiger partial charge in [0.25, 0.3) is 0 Å². The van der Waals surface area contributed by atoms with Crippen LogP contribution in [-0.2, 0) is 5.41 Å². The van der Waals surface area contributed by atoms with Crippen molar-refractivity contribution in [2.45, 2.75) is 38.5 Å². The van der Waals surface area contributed by atoms with Crippen molar-refractivity contribution >= 4 is 65.4 Å². The minimum Gasteiger partial charge on any atom is -0.308 e. The Morgan fingerprint density at radius 3 is 1.17 bits per heavy atom. The summed E-state index contributed by atoms with van der Waals surface area (Å²) in [6.07, 6.45) is 4.58. The molecule has 12 rings (SSSR count). The van der Waals surface area contributed by atoms with Crippen LogP contribution in [0, 0.1) is 0 Å². The number of para-hydroxylation sites is 5. The highest BCUT2D eigenvalue weighted by Crippen LogP contribution is 2.50. The van der Waals surface area contributed by atoms with E-state index in [1.54, 1.807) is 0 Å². The van der Waals surface area contributed by atoms with Gasteiger partial charge < -0.3 is 13.7 Å². The summed E-state index contributed by atoms with van der Waals surface area (Å²) in [7, 11) is 0. The molecule has 0 aliphatic heterocycles. The Labute approximate surface area is 377 Å². The molecular formula is C59H46N6. The van der Waals surface area contributed by atoms with E-state index in [4.69, 9.17) is 15.0 Å². The molecule has 0 spiro atoms. The van der Waals surface area contributed by atoms with Gasteiger partial charge in [-0.1, -0.05) is 141 Å². The van der Waals surface area contributed by atoms with Crippen molar-refractivity contribution in [3.05, 3.63) is 207 Å². The molecule has 0 saturated carbocycles. The van der Waals surface area contributed by atoms with Gasteiger partial charge in [0.2, 0.25) is 0 Å². The van der Waals surface area contributed by atoms with Crippen molar-refractivity contribution < 1.29 is 0 Å². The molecule has 65 heavy (non-hydrogen) atoms. The van der Waals surface area contributed by atoms with Gasteiger partial charge in [0.1, 0.15) is 5.82 Å². The summed E-state index contributed by atoms with van der Waals surface area (Å²) in [5, 5.41) is 7.29. The normalized spacial score (nSPS) is 12.1. The lowest BCUT2D eigenvalue weighted by Gasteiger charge is -2.29. The molecule has 4 aromatic heterocycles. The fourth-order valence-electron chi connectivity index (χ4n) is 10.5. The number of allylic oxidation sites excluding steroid dienone is 1. The van der Waals surface area contributed by atoms with Gasteiger partial charge in [0.15, 0.2) is 11.6 Å². The first-order valence-electron chi connectivity index (χ1n) is 22.7. The number of rotatable bonds is 10. The van der Waals surface area contributed by atoms with Gasteiger partial charge in [-0.25, -0.2) is 15.0 Å². The molecule has 8 aromatic carbocycles. The van der Waals surface area contributed by atoms with Crippen LogP contribution in [0.2, 0.25) is 0 Å².